The van der Waals surface area contributed by atoms with E-state index in [1.165, 1.54) is 0 Å². The van der Waals surface area contributed by atoms with E-state index in [2.05, 4.69) is 0 Å². The van der Waals surface area contributed by atoms with Gasteiger partial charge in [0, 0.05) is 16.5 Å². The van der Waals surface area contributed by atoms with Gasteiger partial charge in [-0.3, -0.25) is 4.79 Å². The van der Waals surface area contributed by atoms with Crippen molar-refractivity contribution in [3.8, 4) is 0 Å². The average molecular weight is 255 g/mol. The van der Waals surface area contributed by atoms with E-state index in [0.29, 0.717) is 34.3 Å². The first kappa shape index (κ1) is 11.2. The molecule has 0 fully saturated rings. The second kappa shape index (κ2) is 4.73. The highest BCUT2D eigenvalue weighted by atomic mass is 35.5. The number of hydrogen-bond donors (Lipinski definition) is 0. The lowest BCUT2D eigenvalue weighted by Gasteiger charge is -2.02. The van der Waals surface area contributed by atoms with Crippen molar-refractivity contribution in [1.29, 1.82) is 0 Å². The normalized spacial score (nSPS) is 10.4. The van der Waals surface area contributed by atoms with Gasteiger partial charge in [0.25, 0.3) is 0 Å². The highest BCUT2D eigenvalue weighted by Gasteiger charge is 2.06. The smallest absolute Gasteiger partial charge is 0.185 e. The van der Waals surface area contributed by atoms with Crippen LogP contribution in [-0.4, -0.2) is 6.29 Å². The van der Waals surface area contributed by atoms with Crippen molar-refractivity contribution in [3.05, 3.63) is 57.5 Å². The number of aldehydes is 1. The second-order valence-electron chi connectivity index (χ2n) is 3.33. The number of benzene rings is 1. The lowest BCUT2D eigenvalue weighted by atomic mass is 10.1. The van der Waals surface area contributed by atoms with Gasteiger partial charge in [0.1, 0.15) is 5.76 Å². The molecule has 1 aromatic carbocycles. The summed E-state index contributed by atoms with van der Waals surface area (Å²) < 4.78 is 5.26. The number of rotatable bonds is 3. The van der Waals surface area contributed by atoms with Crippen LogP contribution in [0.15, 0.2) is 34.7 Å². The quantitative estimate of drug-likeness (QED) is 0.776. The molecule has 16 heavy (non-hydrogen) atoms. The zero-order valence-electron chi connectivity index (χ0n) is 8.24. The van der Waals surface area contributed by atoms with Gasteiger partial charge in [0.15, 0.2) is 12.0 Å². The molecule has 0 spiro atoms. The van der Waals surface area contributed by atoms with E-state index in [4.69, 9.17) is 27.6 Å². The fraction of sp³-hybridized carbons (Fsp3) is 0.0833. The van der Waals surface area contributed by atoms with Crippen LogP contribution in [0, 0.1) is 0 Å². The summed E-state index contributed by atoms with van der Waals surface area (Å²) in [6, 6.07) is 8.68. The van der Waals surface area contributed by atoms with Gasteiger partial charge in [-0.2, -0.15) is 0 Å². The van der Waals surface area contributed by atoms with Crippen LogP contribution in [0.5, 0.6) is 0 Å². The van der Waals surface area contributed by atoms with Crippen molar-refractivity contribution in [2.45, 2.75) is 6.42 Å². The first-order valence-corrected chi connectivity index (χ1v) is 5.42. The molecule has 2 nitrogen and oxygen atoms in total. The van der Waals surface area contributed by atoms with E-state index in [-0.39, 0.29) is 0 Å². The van der Waals surface area contributed by atoms with Crippen molar-refractivity contribution in [2.75, 3.05) is 0 Å². The second-order valence-corrected chi connectivity index (χ2v) is 4.18. The fourth-order valence-electron chi connectivity index (χ4n) is 1.41. The van der Waals surface area contributed by atoms with E-state index >= 15 is 0 Å². The lowest BCUT2D eigenvalue weighted by molar-refractivity contribution is 0.109. The van der Waals surface area contributed by atoms with Gasteiger partial charge in [-0.15, -0.1) is 0 Å². The molecule has 0 radical (unpaired) electrons. The Labute approximate surface area is 103 Å². The van der Waals surface area contributed by atoms with Crippen molar-refractivity contribution >= 4 is 29.5 Å². The summed E-state index contributed by atoms with van der Waals surface area (Å²) in [5.74, 6) is 1.02. The SMILES string of the molecule is O=Cc1ccc(Cc2ccc(Cl)cc2Cl)o1. The minimum absolute atomic E-state index is 0.320. The fourth-order valence-corrected chi connectivity index (χ4v) is 1.88. The molecule has 2 aromatic rings. The molecule has 0 N–H and O–H groups in total. The summed E-state index contributed by atoms with van der Waals surface area (Å²) in [6.45, 7) is 0. The van der Waals surface area contributed by atoms with Crippen molar-refractivity contribution in [1.82, 2.24) is 0 Å². The third kappa shape index (κ3) is 2.46. The number of carbonyl (C=O) groups excluding carboxylic acids is 1. The molecule has 1 aromatic heterocycles. The summed E-state index contributed by atoms with van der Waals surface area (Å²) in [4.78, 5) is 10.4. The summed E-state index contributed by atoms with van der Waals surface area (Å²) in [7, 11) is 0. The molecule has 0 amide bonds. The van der Waals surface area contributed by atoms with E-state index in [9.17, 15) is 4.79 Å². The van der Waals surface area contributed by atoms with Crippen LogP contribution in [0.3, 0.4) is 0 Å². The largest absolute Gasteiger partial charge is 0.458 e. The van der Waals surface area contributed by atoms with Crippen LogP contribution in [0.1, 0.15) is 21.9 Å². The molecule has 0 unspecified atom stereocenters. The number of carbonyl (C=O) groups is 1. The Morgan fingerprint density at radius 1 is 1.19 bits per heavy atom. The highest BCUT2D eigenvalue weighted by Crippen LogP contribution is 2.23. The third-order valence-corrected chi connectivity index (χ3v) is 2.77. The van der Waals surface area contributed by atoms with Gasteiger partial charge in [-0.05, 0) is 29.8 Å². The Bertz CT molecular complexity index is 517. The predicted molar refractivity (Wildman–Crippen MR) is 63.4 cm³/mol. The predicted octanol–water partition coefficient (Wildman–Crippen LogP) is 3.99. The monoisotopic (exact) mass is 254 g/mol. The van der Waals surface area contributed by atoms with E-state index in [1.54, 1.807) is 24.3 Å². The number of furan rings is 1. The molecule has 0 aliphatic carbocycles. The number of hydrogen-bond acceptors (Lipinski definition) is 2. The molecule has 0 saturated heterocycles. The van der Waals surface area contributed by atoms with E-state index in [1.807, 2.05) is 6.07 Å². The van der Waals surface area contributed by atoms with Crippen molar-refractivity contribution in [3.63, 3.8) is 0 Å². The zero-order valence-corrected chi connectivity index (χ0v) is 9.76. The van der Waals surface area contributed by atoms with Gasteiger partial charge in [0.2, 0.25) is 0 Å². The van der Waals surface area contributed by atoms with Gasteiger partial charge < -0.3 is 4.42 Å². The van der Waals surface area contributed by atoms with Crippen LogP contribution in [0.2, 0.25) is 10.0 Å². The summed E-state index contributed by atoms with van der Waals surface area (Å²) >= 11 is 11.8. The molecule has 82 valence electrons. The maximum absolute atomic E-state index is 10.4. The molecule has 1 heterocycles. The summed E-state index contributed by atoms with van der Waals surface area (Å²) in [5.41, 5.74) is 0.915. The van der Waals surface area contributed by atoms with Gasteiger partial charge in [0.05, 0.1) is 0 Å². The van der Waals surface area contributed by atoms with Crippen LogP contribution >= 0.6 is 23.2 Å². The average Bonchev–Trinajstić information content (AvgIpc) is 2.70. The minimum atomic E-state index is 0.320. The maximum Gasteiger partial charge on any atom is 0.185 e. The van der Waals surface area contributed by atoms with Crippen LogP contribution in [0.4, 0.5) is 0 Å². The Balaban J connectivity index is 2.23. The summed E-state index contributed by atoms with van der Waals surface area (Å²) in [6.07, 6.45) is 1.22. The molecular formula is C12H8Cl2O2. The molecule has 0 saturated carbocycles. The Morgan fingerprint density at radius 2 is 2.00 bits per heavy atom. The molecular weight excluding hydrogens is 247 g/mol. The molecule has 2 rings (SSSR count). The van der Waals surface area contributed by atoms with Gasteiger partial charge >= 0.3 is 0 Å². The van der Waals surface area contributed by atoms with Crippen molar-refractivity contribution in [2.24, 2.45) is 0 Å². The molecule has 4 heteroatoms. The van der Waals surface area contributed by atoms with Crippen molar-refractivity contribution < 1.29 is 9.21 Å². The Kier molecular flexibility index (Phi) is 3.32. The highest BCUT2D eigenvalue weighted by molar-refractivity contribution is 6.35. The maximum atomic E-state index is 10.4. The topological polar surface area (TPSA) is 30.2 Å². The van der Waals surface area contributed by atoms with Gasteiger partial charge in [-0.1, -0.05) is 29.3 Å². The van der Waals surface area contributed by atoms with E-state index < -0.39 is 0 Å². The Hall–Kier alpha value is -1.25. The molecule has 0 atom stereocenters. The lowest BCUT2D eigenvalue weighted by Crippen LogP contribution is -1.87. The minimum Gasteiger partial charge on any atom is -0.458 e. The summed E-state index contributed by atoms with van der Waals surface area (Å²) in [5, 5.41) is 1.19. The van der Waals surface area contributed by atoms with Crippen LogP contribution < -0.4 is 0 Å². The van der Waals surface area contributed by atoms with Gasteiger partial charge in [-0.25, -0.2) is 0 Å². The zero-order chi connectivity index (χ0) is 11.5. The molecule has 0 aliphatic heterocycles. The van der Waals surface area contributed by atoms with E-state index in [0.717, 1.165) is 5.56 Å². The molecule has 0 aliphatic rings. The third-order valence-electron chi connectivity index (χ3n) is 2.18. The molecule has 0 bridgehead atoms. The van der Waals surface area contributed by atoms with Crippen LogP contribution in [-0.2, 0) is 6.42 Å². The number of halogens is 2. The first-order valence-electron chi connectivity index (χ1n) is 4.67. The van der Waals surface area contributed by atoms with Crippen LogP contribution in [0.25, 0.3) is 0 Å². The first-order chi connectivity index (χ1) is 7.69. The Morgan fingerprint density at radius 3 is 2.62 bits per heavy atom. The standard InChI is InChI=1S/C12H8Cl2O2/c13-9-2-1-8(12(14)6-9)5-10-3-4-11(7-15)16-10/h1-4,6-7H,5H2.